The minimum absolute atomic E-state index is 0. The van der Waals surface area contributed by atoms with Gasteiger partial charge in [-0.2, -0.15) is 0 Å². The van der Waals surface area contributed by atoms with Crippen LogP contribution >= 0.6 is 24.2 Å². The third-order valence-electron chi connectivity index (χ3n) is 3.00. The maximum atomic E-state index is 11.7. The van der Waals surface area contributed by atoms with E-state index in [4.69, 9.17) is 10.5 Å². The first-order chi connectivity index (χ1) is 10.7. The van der Waals surface area contributed by atoms with Gasteiger partial charge in [0.2, 0.25) is 5.91 Å². The van der Waals surface area contributed by atoms with Gasteiger partial charge in [0.25, 0.3) is 0 Å². The Morgan fingerprint density at radius 3 is 2.42 bits per heavy atom. The number of halogens is 1. The van der Waals surface area contributed by atoms with Crippen LogP contribution in [0, 0.1) is 5.41 Å². The lowest BCUT2D eigenvalue weighted by Crippen LogP contribution is -2.35. The number of thioether (sulfide) groups is 1. The molecule has 8 heteroatoms. The Hall–Kier alpha value is -0.790. The van der Waals surface area contributed by atoms with Gasteiger partial charge in [0.05, 0.1) is 6.61 Å². The van der Waals surface area contributed by atoms with E-state index >= 15 is 0 Å². The Kier molecular flexibility index (Phi) is 14.3. The van der Waals surface area contributed by atoms with Crippen LogP contribution in [0.15, 0.2) is 0 Å². The minimum Gasteiger partial charge on any atom is -0.465 e. The zero-order chi connectivity index (χ0) is 17.9. The van der Waals surface area contributed by atoms with Crippen molar-refractivity contribution < 1.29 is 19.1 Å². The molecule has 0 aliphatic heterocycles. The number of carbonyl (C=O) groups is 3. The van der Waals surface area contributed by atoms with Gasteiger partial charge in [0.1, 0.15) is 6.04 Å². The van der Waals surface area contributed by atoms with Gasteiger partial charge >= 0.3 is 5.97 Å². The van der Waals surface area contributed by atoms with E-state index in [2.05, 4.69) is 5.32 Å². The van der Waals surface area contributed by atoms with Crippen molar-refractivity contribution in [3.63, 3.8) is 0 Å². The Morgan fingerprint density at radius 2 is 1.88 bits per heavy atom. The Morgan fingerprint density at radius 1 is 1.25 bits per heavy atom. The van der Waals surface area contributed by atoms with Crippen LogP contribution in [0.25, 0.3) is 0 Å². The van der Waals surface area contributed by atoms with E-state index in [9.17, 15) is 14.4 Å². The summed E-state index contributed by atoms with van der Waals surface area (Å²) in [4.78, 5) is 34.9. The van der Waals surface area contributed by atoms with Gasteiger partial charge in [-0.05, 0) is 12.8 Å². The number of carbonyl (C=O) groups excluding carboxylic acids is 3. The molecule has 0 rings (SSSR count). The van der Waals surface area contributed by atoms with Gasteiger partial charge in [0.15, 0.2) is 5.12 Å². The SMILES string of the molecule is CCCCOC(=O)[C@@H](N)CCC(=O)NCCSC(=O)C(C)(C)C.Cl. The molecule has 0 unspecified atom stereocenters. The molecular formula is C16H31ClN2O4S. The number of amides is 1. The lowest BCUT2D eigenvalue weighted by atomic mass is 10.00. The second kappa shape index (κ2) is 13.5. The molecule has 24 heavy (non-hydrogen) atoms. The quantitative estimate of drug-likeness (QED) is 0.444. The van der Waals surface area contributed by atoms with Crippen molar-refractivity contribution in [3.8, 4) is 0 Å². The van der Waals surface area contributed by atoms with Gasteiger partial charge < -0.3 is 15.8 Å². The number of esters is 1. The van der Waals surface area contributed by atoms with Crippen LogP contribution in [-0.4, -0.2) is 41.9 Å². The first kappa shape index (κ1) is 25.5. The van der Waals surface area contributed by atoms with Crippen LogP contribution < -0.4 is 11.1 Å². The summed E-state index contributed by atoms with van der Waals surface area (Å²) in [6.07, 6.45) is 2.18. The summed E-state index contributed by atoms with van der Waals surface area (Å²) in [6.45, 7) is 8.38. The lowest BCUT2D eigenvalue weighted by molar-refractivity contribution is -0.145. The maximum Gasteiger partial charge on any atom is 0.322 e. The standard InChI is InChI=1S/C16H30N2O4S.ClH/c1-5-6-10-22-14(20)12(17)7-8-13(19)18-9-11-23-15(21)16(2,3)4;/h12H,5-11,17H2,1-4H3,(H,18,19);1H/t12-;/m0./s1. The van der Waals surface area contributed by atoms with Crippen molar-refractivity contribution in [2.75, 3.05) is 18.9 Å². The van der Waals surface area contributed by atoms with Crippen LogP contribution in [0.3, 0.4) is 0 Å². The molecule has 0 saturated carbocycles. The molecule has 0 aromatic rings. The van der Waals surface area contributed by atoms with Crippen molar-refractivity contribution in [2.45, 2.75) is 59.4 Å². The van der Waals surface area contributed by atoms with Gasteiger partial charge in [0, 0.05) is 24.1 Å². The molecule has 0 aromatic heterocycles. The minimum atomic E-state index is -0.769. The predicted octanol–water partition coefficient (Wildman–Crippen LogP) is 2.28. The summed E-state index contributed by atoms with van der Waals surface area (Å²) >= 11 is 1.21. The summed E-state index contributed by atoms with van der Waals surface area (Å²) in [5, 5.41) is 2.82. The number of hydrogen-bond donors (Lipinski definition) is 2. The molecule has 0 fully saturated rings. The van der Waals surface area contributed by atoms with Crippen LogP contribution in [0.1, 0.15) is 53.4 Å². The first-order valence-corrected chi connectivity index (χ1v) is 9.03. The highest BCUT2D eigenvalue weighted by Crippen LogP contribution is 2.22. The zero-order valence-electron chi connectivity index (χ0n) is 15.1. The van der Waals surface area contributed by atoms with Crippen molar-refractivity contribution in [3.05, 3.63) is 0 Å². The zero-order valence-corrected chi connectivity index (χ0v) is 16.7. The molecule has 0 spiro atoms. The van der Waals surface area contributed by atoms with Crippen LogP contribution in [-0.2, 0) is 19.1 Å². The van der Waals surface area contributed by atoms with E-state index < -0.39 is 12.0 Å². The number of unbranched alkanes of at least 4 members (excludes halogenated alkanes) is 1. The number of ether oxygens (including phenoxy) is 1. The van der Waals surface area contributed by atoms with Gasteiger partial charge in [-0.15, -0.1) is 12.4 Å². The topological polar surface area (TPSA) is 98.5 Å². The number of nitrogens with one attached hydrogen (secondary N) is 1. The second-order valence-corrected chi connectivity index (χ2v) is 7.47. The molecular weight excluding hydrogens is 352 g/mol. The largest absolute Gasteiger partial charge is 0.465 e. The monoisotopic (exact) mass is 382 g/mol. The van der Waals surface area contributed by atoms with Crippen molar-refractivity contribution in [2.24, 2.45) is 11.1 Å². The normalized spacial score (nSPS) is 12.0. The molecule has 0 aliphatic rings. The number of hydrogen-bond acceptors (Lipinski definition) is 6. The molecule has 1 amide bonds. The number of nitrogens with two attached hydrogens (primary N) is 1. The second-order valence-electron chi connectivity index (χ2n) is 6.40. The van der Waals surface area contributed by atoms with E-state index in [-0.39, 0.29) is 41.7 Å². The van der Waals surface area contributed by atoms with Crippen molar-refractivity contribution in [1.29, 1.82) is 0 Å². The summed E-state index contributed by atoms with van der Waals surface area (Å²) in [5.41, 5.74) is 5.31. The third kappa shape index (κ3) is 12.6. The average Bonchev–Trinajstić information content (AvgIpc) is 2.47. The Bertz CT molecular complexity index is 400. The van der Waals surface area contributed by atoms with Crippen LogP contribution in [0.5, 0.6) is 0 Å². The summed E-state index contributed by atoms with van der Waals surface area (Å²) < 4.78 is 5.00. The third-order valence-corrected chi connectivity index (χ3v) is 4.28. The Labute approximate surface area is 155 Å². The molecule has 0 aromatic carbocycles. The van der Waals surface area contributed by atoms with Crippen LogP contribution in [0.2, 0.25) is 0 Å². The highest BCUT2D eigenvalue weighted by molar-refractivity contribution is 8.13. The maximum absolute atomic E-state index is 11.7. The molecule has 0 heterocycles. The molecule has 0 bridgehead atoms. The highest BCUT2D eigenvalue weighted by atomic mass is 35.5. The fourth-order valence-electron chi connectivity index (χ4n) is 1.47. The molecule has 6 nitrogen and oxygen atoms in total. The van der Waals surface area contributed by atoms with Crippen molar-refractivity contribution >= 4 is 41.2 Å². The average molecular weight is 383 g/mol. The first-order valence-electron chi connectivity index (χ1n) is 8.04. The van der Waals surface area contributed by atoms with Crippen molar-refractivity contribution in [1.82, 2.24) is 5.32 Å². The van der Waals surface area contributed by atoms with Crippen LogP contribution in [0.4, 0.5) is 0 Å². The fraction of sp³-hybridized carbons (Fsp3) is 0.812. The predicted molar refractivity (Wildman–Crippen MR) is 100 cm³/mol. The molecule has 0 radical (unpaired) electrons. The number of rotatable bonds is 10. The highest BCUT2D eigenvalue weighted by Gasteiger charge is 2.21. The summed E-state index contributed by atoms with van der Waals surface area (Å²) in [5.74, 6) is -0.101. The van der Waals surface area contributed by atoms with Gasteiger partial charge in [-0.1, -0.05) is 45.9 Å². The smallest absolute Gasteiger partial charge is 0.322 e. The van der Waals surface area contributed by atoms with E-state index in [1.807, 2.05) is 27.7 Å². The van der Waals surface area contributed by atoms with E-state index in [0.717, 1.165) is 12.8 Å². The Balaban J connectivity index is 0. The molecule has 3 N–H and O–H groups in total. The summed E-state index contributed by atoms with van der Waals surface area (Å²) in [6, 6.07) is -0.769. The molecule has 0 aliphatic carbocycles. The molecule has 1 atom stereocenters. The van der Waals surface area contributed by atoms with E-state index in [0.29, 0.717) is 18.9 Å². The molecule has 142 valence electrons. The fourth-order valence-corrected chi connectivity index (χ4v) is 2.29. The molecule has 0 saturated heterocycles. The summed E-state index contributed by atoms with van der Waals surface area (Å²) in [7, 11) is 0. The lowest BCUT2D eigenvalue weighted by Gasteiger charge is -2.15. The van der Waals surface area contributed by atoms with E-state index in [1.165, 1.54) is 11.8 Å². The van der Waals surface area contributed by atoms with Gasteiger partial charge in [-0.25, -0.2) is 0 Å². The van der Waals surface area contributed by atoms with Gasteiger partial charge in [-0.3, -0.25) is 14.4 Å². The van der Waals surface area contributed by atoms with E-state index in [1.54, 1.807) is 0 Å².